The summed E-state index contributed by atoms with van der Waals surface area (Å²) in [5.74, 6) is 1.96. The fourth-order valence-corrected chi connectivity index (χ4v) is 7.16. The number of hydrogen-bond acceptors (Lipinski definition) is 4. The van der Waals surface area contributed by atoms with E-state index in [1.54, 1.807) is 0 Å². The summed E-state index contributed by atoms with van der Waals surface area (Å²) in [7, 11) is 0. The summed E-state index contributed by atoms with van der Waals surface area (Å²) in [6.07, 6.45) is 1.04. The van der Waals surface area contributed by atoms with Crippen LogP contribution >= 0.6 is 0 Å². The van der Waals surface area contributed by atoms with E-state index in [0.717, 1.165) is 56.2 Å². The number of furan rings is 1. The molecular weight excluding hydrogens is 574 g/mol. The Balaban J connectivity index is 1.11. The summed E-state index contributed by atoms with van der Waals surface area (Å²) in [5.41, 5.74) is 12.3. The van der Waals surface area contributed by atoms with Crippen molar-refractivity contribution in [3.63, 3.8) is 0 Å². The summed E-state index contributed by atoms with van der Waals surface area (Å²) in [5, 5.41) is 2.30. The molecule has 2 aromatic heterocycles. The predicted molar refractivity (Wildman–Crippen MR) is 191 cm³/mol. The van der Waals surface area contributed by atoms with Gasteiger partial charge >= 0.3 is 0 Å². The first-order chi connectivity index (χ1) is 23.1. The molecule has 0 aliphatic heterocycles. The molecule has 0 fully saturated rings. The van der Waals surface area contributed by atoms with Crippen LogP contribution in [0, 0.1) is 0 Å². The molecule has 1 aliphatic rings. The molecule has 2 heterocycles. The topological polar surface area (TPSA) is 51.8 Å². The highest BCUT2D eigenvalue weighted by Gasteiger charge is 2.38. The van der Waals surface area contributed by atoms with Crippen LogP contribution in [0.1, 0.15) is 31.4 Å². The third-order valence-corrected chi connectivity index (χ3v) is 9.90. The van der Waals surface area contributed by atoms with Crippen molar-refractivity contribution in [1.29, 1.82) is 0 Å². The second-order valence-corrected chi connectivity index (χ2v) is 12.6. The van der Waals surface area contributed by atoms with Crippen LogP contribution in [0.25, 0.3) is 78.4 Å². The fraction of sp³-hybridized carbons (Fsp3) is 0.0930. The van der Waals surface area contributed by atoms with Gasteiger partial charge in [-0.05, 0) is 64.1 Å². The van der Waals surface area contributed by atoms with Crippen LogP contribution in [0.3, 0.4) is 0 Å². The number of rotatable bonds is 5. The minimum atomic E-state index is -0.0209. The lowest BCUT2D eigenvalue weighted by molar-refractivity contribution is 0.565. The summed E-state index contributed by atoms with van der Waals surface area (Å²) < 4.78 is 6.44. The van der Waals surface area contributed by atoms with Crippen molar-refractivity contribution < 1.29 is 4.42 Å². The maximum Gasteiger partial charge on any atom is 0.164 e. The summed E-state index contributed by atoms with van der Waals surface area (Å²) in [4.78, 5) is 14.6. The third-order valence-electron chi connectivity index (χ3n) is 9.90. The quantitative estimate of drug-likeness (QED) is 0.196. The molecule has 9 rings (SSSR count). The minimum Gasteiger partial charge on any atom is -0.456 e. The molecule has 6 aromatic carbocycles. The van der Waals surface area contributed by atoms with Crippen molar-refractivity contribution in [2.45, 2.75) is 25.7 Å². The van der Waals surface area contributed by atoms with E-state index in [0.29, 0.717) is 17.5 Å². The van der Waals surface area contributed by atoms with Crippen LogP contribution in [0.5, 0.6) is 0 Å². The Kier molecular flexibility index (Phi) is 6.19. The van der Waals surface area contributed by atoms with Gasteiger partial charge < -0.3 is 4.42 Å². The van der Waals surface area contributed by atoms with Gasteiger partial charge in [-0.3, -0.25) is 0 Å². The van der Waals surface area contributed by atoms with Crippen molar-refractivity contribution >= 4 is 21.9 Å². The molecule has 0 radical (unpaired) electrons. The molecule has 224 valence electrons. The molecule has 0 saturated heterocycles. The van der Waals surface area contributed by atoms with Crippen molar-refractivity contribution in [2.75, 3.05) is 0 Å². The molecule has 1 unspecified atom stereocenters. The fourth-order valence-electron chi connectivity index (χ4n) is 7.16. The Bertz CT molecular complexity index is 2390. The van der Waals surface area contributed by atoms with E-state index in [9.17, 15) is 0 Å². The molecule has 47 heavy (non-hydrogen) atoms. The van der Waals surface area contributed by atoms with E-state index in [-0.39, 0.29) is 5.41 Å². The Labute approximate surface area is 273 Å². The Morgan fingerprint density at radius 1 is 0.468 bits per heavy atom. The maximum atomic E-state index is 6.44. The van der Waals surface area contributed by atoms with Gasteiger partial charge in [0.15, 0.2) is 17.5 Å². The normalized spacial score (nSPS) is 15.2. The first-order valence-electron chi connectivity index (χ1n) is 16.2. The van der Waals surface area contributed by atoms with Gasteiger partial charge in [-0.15, -0.1) is 0 Å². The lowest BCUT2D eigenvalue weighted by Crippen LogP contribution is -2.18. The van der Waals surface area contributed by atoms with Crippen molar-refractivity contribution in [1.82, 2.24) is 15.0 Å². The van der Waals surface area contributed by atoms with Gasteiger partial charge in [0.05, 0.1) is 0 Å². The summed E-state index contributed by atoms with van der Waals surface area (Å²) >= 11 is 0. The van der Waals surface area contributed by atoms with Gasteiger partial charge in [-0.25, -0.2) is 15.0 Å². The average molecular weight is 606 g/mol. The van der Waals surface area contributed by atoms with Gasteiger partial charge in [0.2, 0.25) is 0 Å². The van der Waals surface area contributed by atoms with E-state index in [1.807, 2.05) is 60.7 Å². The smallest absolute Gasteiger partial charge is 0.164 e. The molecule has 1 aliphatic carbocycles. The molecule has 0 saturated carbocycles. The first-order valence-corrected chi connectivity index (χ1v) is 16.2. The van der Waals surface area contributed by atoms with Gasteiger partial charge in [-0.2, -0.15) is 0 Å². The maximum absolute atomic E-state index is 6.44. The SMILES string of the molecule is CCC1(C)c2ccccc2-c2cc3oc4ccc(-c5ccc(-c6nc(-c7ccccc7)nc(-c7ccccc7)n6)cc5)cc4c3cc21. The zero-order chi connectivity index (χ0) is 31.5. The molecular formula is C43H31N3O. The number of aromatic nitrogens is 3. The van der Waals surface area contributed by atoms with Gasteiger partial charge in [0.25, 0.3) is 0 Å². The van der Waals surface area contributed by atoms with Gasteiger partial charge in [0.1, 0.15) is 11.2 Å². The van der Waals surface area contributed by atoms with Crippen molar-refractivity contribution in [2.24, 2.45) is 0 Å². The molecule has 0 N–H and O–H groups in total. The largest absolute Gasteiger partial charge is 0.456 e. The van der Waals surface area contributed by atoms with Crippen LogP contribution in [0.4, 0.5) is 0 Å². The van der Waals surface area contributed by atoms with E-state index in [1.165, 1.54) is 22.3 Å². The van der Waals surface area contributed by atoms with Crippen molar-refractivity contribution in [3.8, 4) is 56.4 Å². The highest BCUT2D eigenvalue weighted by Crippen LogP contribution is 2.52. The third kappa shape index (κ3) is 4.40. The molecule has 0 spiro atoms. The predicted octanol–water partition coefficient (Wildman–Crippen LogP) is 11.1. The second kappa shape index (κ2) is 10.6. The molecule has 0 bridgehead atoms. The van der Waals surface area contributed by atoms with Crippen LogP contribution in [0.2, 0.25) is 0 Å². The zero-order valence-electron chi connectivity index (χ0n) is 26.2. The standard InChI is InChI=1S/C43H31N3O/c1-3-43(2)36-17-11-10-16-32(36)33-26-39-35(25-37(33)43)34-24-31(22-23-38(34)47-39)27-18-20-30(21-19-27)42-45-40(28-12-6-4-7-13-28)44-41(46-42)29-14-8-5-9-15-29/h4-26H,3H2,1-2H3. The second-order valence-electron chi connectivity index (χ2n) is 12.6. The monoisotopic (exact) mass is 605 g/mol. The summed E-state index contributed by atoms with van der Waals surface area (Å²) in [6.45, 7) is 4.66. The lowest BCUT2D eigenvalue weighted by atomic mass is 9.78. The van der Waals surface area contributed by atoms with E-state index in [2.05, 4.69) is 92.7 Å². The Morgan fingerprint density at radius 3 is 1.64 bits per heavy atom. The Morgan fingerprint density at radius 2 is 1.00 bits per heavy atom. The van der Waals surface area contributed by atoms with Gasteiger partial charge in [0, 0.05) is 32.9 Å². The van der Waals surface area contributed by atoms with Crippen LogP contribution in [0.15, 0.2) is 144 Å². The Hall–Kier alpha value is -5.87. The molecule has 4 heteroatoms. The summed E-state index contributed by atoms with van der Waals surface area (Å²) in [6, 6.07) is 48.6. The van der Waals surface area contributed by atoms with Crippen LogP contribution in [-0.2, 0) is 5.41 Å². The van der Waals surface area contributed by atoms with E-state index >= 15 is 0 Å². The van der Waals surface area contributed by atoms with E-state index < -0.39 is 0 Å². The lowest BCUT2D eigenvalue weighted by Gasteiger charge is -2.25. The average Bonchev–Trinajstić information content (AvgIpc) is 3.63. The number of fused-ring (bicyclic) bond motifs is 6. The first kappa shape index (κ1) is 27.4. The van der Waals surface area contributed by atoms with Crippen LogP contribution < -0.4 is 0 Å². The molecule has 8 aromatic rings. The highest BCUT2D eigenvalue weighted by atomic mass is 16.3. The molecule has 0 amide bonds. The number of hydrogen-bond donors (Lipinski definition) is 0. The number of benzene rings is 6. The number of nitrogens with zero attached hydrogens (tertiary/aromatic N) is 3. The molecule has 4 nitrogen and oxygen atoms in total. The van der Waals surface area contributed by atoms with Crippen molar-refractivity contribution in [3.05, 3.63) is 151 Å². The minimum absolute atomic E-state index is 0.0209. The highest BCUT2D eigenvalue weighted by molar-refractivity contribution is 6.08. The zero-order valence-corrected chi connectivity index (χ0v) is 26.2. The van der Waals surface area contributed by atoms with E-state index in [4.69, 9.17) is 19.4 Å². The molecule has 1 atom stereocenters. The van der Waals surface area contributed by atoms with Gasteiger partial charge in [-0.1, -0.05) is 129 Å². The van der Waals surface area contributed by atoms with Crippen LogP contribution in [-0.4, -0.2) is 15.0 Å².